The third-order valence-corrected chi connectivity index (χ3v) is 6.72. The van der Waals surface area contributed by atoms with Gasteiger partial charge in [-0.3, -0.25) is 0 Å². The molecule has 2 aromatic carbocycles. The first kappa shape index (κ1) is 20.2. The predicted octanol–water partition coefficient (Wildman–Crippen LogP) is 9.21. The second-order valence-electron chi connectivity index (χ2n) is 8.54. The van der Waals surface area contributed by atoms with Crippen molar-refractivity contribution in [1.29, 1.82) is 0 Å². The lowest BCUT2D eigenvalue weighted by atomic mass is 9.79. The van der Waals surface area contributed by atoms with E-state index in [4.69, 9.17) is 0 Å². The van der Waals surface area contributed by atoms with Crippen LogP contribution < -0.4 is 0 Å². The van der Waals surface area contributed by atoms with Gasteiger partial charge in [0.15, 0.2) is 0 Å². The summed E-state index contributed by atoms with van der Waals surface area (Å²) in [6.07, 6.45) is 12.6. The van der Waals surface area contributed by atoms with E-state index in [1.807, 2.05) is 13.8 Å². The topological polar surface area (TPSA) is 0 Å². The van der Waals surface area contributed by atoms with Crippen LogP contribution in [0.15, 0.2) is 48.5 Å². The third kappa shape index (κ3) is 5.24. The smallest absolute Gasteiger partial charge is 0 e. The minimum Gasteiger partial charge on any atom is -0.0683 e. The first-order chi connectivity index (χ1) is 13.3. The van der Waals surface area contributed by atoms with Gasteiger partial charge in [-0.15, -0.1) is 0 Å². The normalized spacial score (nSPS) is 23.4. The van der Waals surface area contributed by atoms with E-state index >= 15 is 0 Å². The highest BCUT2D eigenvalue weighted by atomic mass is 14.2. The standard InChI is InChI=1S/C25H32.C2H6.2H2/c1-19-7-9-21(10-8-19)23-15-17-25(18-16-23)24-13-11-22(12-14-24)20-5-3-2-4-6-20;1-2;;/h11-21H,2-10H2,1H3;1-2H3;2*1H. The summed E-state index contributed by atoms with van der Waals surface area (Å²) in [5.74, 6) is 2.52. The molecule has 0 aromatic heterocycles. The van der Waals surface area contributed by atoms with Crippen LogP contribution in [0.25, 0.3) is 11.1 Å². The molecule has 2 aromatic rings. The van der Waals surface area contributed by atoms with Crippen LogP contribution in [-0.4, -0.2) is 0 Å². The van der Waals surface area contributed by atoms with Crippen LogP contribution >= 0.6 is 0 Å². The Morgan fingerprint density at radius 3 is 1.41 bits per heavy atom. The van der Waals surface area contributed by atoms with Crippen LogP contribution in [0.4, 0.5) is 0 Å². The second-order valence-corrected chi connectivity index (χ2v) is 8.54. The van der Waals surface area contributed by atoms with Gasteiger partial charge in [-0.1, -0.05) is 101 Å². The number of hydrogen-bond donors (Lipinski definition) is 0. The summed E-state index contributed by atoms with van der Waals surface area (Å²) in [6.45, 7) is 6.40. The molecule has 0 saturated heterocycles. The van der Waals surface area contributed by atoms with Crippen molar-refractivity contribution in [3.8, 4) is 11.1 Å². The molecule has 0 amide bonds. The molecule has 2 aliphatic carbocycles. The van der Waals surface area contributed by atoms with E-state index < -0.39 is 0 Å². The van der Waals surface area contributed by atoms with Crippen LogP contribution in [0, 0.1) is 5.92 Å². The van der Waals surface area contributed by atoms with Gasteiger partial charge in [-0.05, 0) is 65.7 Å². The maximum Gasteiger partial charge on any atom is 0 e. The molecule has 0 bridgehead atoms. The Balaban J connectivity index is 0.00000102. The Kier molecular flexibility index (Phi) is 7.56. The summed E-state index contributed by atoms with van der Waals surface area (Å²) < 4.78 is 0. The van der Waals surface area contributed by atoms with Crippen LogP contribution in [0.5, 0.6) is 0 Å². The summed E-state index contributed by atoms with van der Waals surface area (Å²) in [5.41, 5.74) is 5.83. The molecule has 0 nitrogen and oxygen atoms in total. The largest absolute Gasteiger partial charge is 0.0683 e. The fourth-order valence-corrected chi connectivity index (χ4v) is 4.92. The van der Waals surface area contributed by atoms with Crippen molar-refractivity contribution in [2.75, 3.05) is 0 Å². The van der Waals surface area contributed by atoms with E-state index in [0.717, 1.165) is 17.8 Å². The molecule has 0 radical (unpaired) electrons. The molecule has 0 heterocycles. The van der Waals surface area contributed by atoms with Gasteiger partial charge in [-0.25, -0.2) is 0 Å². The highest BCUT2D eigenvalue weighted by Crippen LogP contribution is 2.37. The van der Waals surface area contributed by atoms with Crippen LogP contribution in [0.1, 0.15) is 104 Å². The van der Waals surface area contributed by atoms with Crippen LogP contribution in [0.2, 0.25) is 0 Å². The molecule has 27 heavy (non-hydrogen) atoms. The van der Waals surface area contributed by atoms with Gasteiger partial charge in [0.05, 0.1) is 0 Å². The molecule has 0 aliphatic heterocycles. The van der Waals surface area contributed by atoms with E-state index in [0.29, 0.717) is 0 Å². The van der Waals surface area contributed by atoms with Crippen molar-refractivity contribution in [3.63, 3.8) is 0 Å². The van der Waals surface area contributed by atoms with Crippen molar-refractivity contribution in [2.24, 2.45) is 5.92 Å². The fourth-order valence-electron chi connectivity index (χ4n) is 4.92. The minimum atomic E-state index is 0. The Hall–Kier alpha value is -1.56. The minimum absolute atomic E-state index is 0. The zero-order valence-electron chi connectivity index (χ0n) is 17.7. The summed E-state index contributed by atoms with van der Waals surface area (Å²) in [5, 5.41) is 0. The summed E-state index contributed by atoms with van der Waals surface area (Å²) >= 11 is 0. The Bertz CT molecular complexity index is 661. The third-order valence-electron chi connectivity index (χ3n) is 6.72. The molecule has 2 aliphatic rings. The van der Waals surface area contributed by atoms with Gasteiger partial charge in [0.25, 0.3) is 0 Å². The van der Waals surface area contributed by atoms with Crippen LogP contribution in [-0.2, 0) is 0 Å². The molecule has 0 atom stereocenters. The Morgan fingerprint density at radius 1 is 0.556 bits per heavy atom. The quantitative estimate of drug-likeness (QED) is 0.507. The molecular weight excluding hydrogens is 324 g/mol. The van der Waals surface area contributed by atoms with Gasteiger partial charge in [-0.2, -0.15) is 0 Å². The van der Waals surface area contributed by atoms with Gasteiger partial charge in [0, 0.05) is 2.85 Å². The van der Waals surface area contributed by atoms with Gasteiger partial charge >= 0.3 is 0 Å². The van der Waals surface area contributed by atoms with Gasteiger partial charge < -0.3 is 0 Å². The second kappa shape index (κ2) is 10.1. The lowest BCUT2D eigenvalue weighted by molar-refractivity contribution is 0.348. The molecule has 2 saturated carbocycles. The first-order valence-electron chi connectivity index (χ1n) is 11.5. The number of rotatable bonds is 3. The monoisotopic (exact) mass is 366 g/mol. The van der Waals surface area contributed by atoms with E-state index in [1.165, 1.54) is 68.9 Å². The fraction of sp³-hybridized carbons (Fsp3) is 0.556. The van der Waals surface area contributed by atoms with Crippen molar-refractivity contribution < 1.29 is 2.85 Å². The average Bonchev–Trinajstić information content (AvgIpc) is 2.77. The zero-order chi connectivity index (χ0) is 19.1. The highest BCUT2D eigenvalue weighted by molar-refractivity contribution is 5.64. The van der Waals surface area contributed by atoms with Gasteiger partial charge in [0.2, 0.25) is 0 Å². The predicted molar refractivity (Wildman–Crippen MR) is 124 cm³/mol. The van der Waals surface area contributed by atoms with E-state index in [2.05, 4.69) is 55.5 Å². The molecule has 0 unspecified atom stereocenters. The summed E-state index contributed by atoms with van der Waals surface area (Å²) in [6, 6.07) is 18.9. The van der Waals surface area contributed by atoms with Crippen LogP contribution in [0.3, 0.4) is 0 Å². The van der Waals surface area contributed by atoms with Gasteiger partial charge in [0.1, 0.15) is 0 Å². The Morgan fingerprint density at radius 2 is 0.963 bits per heavy atom. The van der Waals surface area contributed by atoms with Crippen molar-refractivity contribution >= 4 is 0 Å². The lowest BCUT2D eigenvalue weighted by Crippen LogP contribution is -2.10. The number of hydrogen-bond acceptors (Lipinski definition) is 0. The Labute approximate surface area is 170 Å². The lowest BCUT2D eigenvalue weighted by Gasteiger charge is -2.26. The molecule has 150 valence electrons. The maximum absolute atomic E-state index is 2.40. The summed E-state index contributed by atoms with van der Waals surface area (Å²) in [4.78, 5) is 0. The van der Waals surface area contributed by atoms with E-state index in [9.17, 15) is 0 Å². The van der Waals surface area contributed by atoms with Crippen molar-refractivity contribution in [2.45, 2.75) is 90.4 Å². The van der Waals surface area contributed by atoms with E-state index in [1.54, 1.807) is 11.1 Å². The molecule has 4 rings (SSSR count). The molecule has 0 heteroatoms. The molecule has 0 N–H and O–H groups in total. The summed E-state index contributed by atoms with van der Waals surface area (Å²) in [7, 11) is 0. The molecule has 2 fully saturated rings. The van der Waals surface area contributed by atoms with Crippen molar-refractivity contribution in [3.05, 3.63) is 59.7 Å². The maximum atomic E-state index is 2.40. The highest BCUT2D eigenvalue weighted by Gasteiger charge is 2.19. The average molecular weight is 367 g/mol. The first-order valence-corrected chi connectivity index (χ1v) is 11.5. The van der Waals surface area contributed by atoms with E-state index in [-0.39, 0.29) is 2.85 Å². The zero-order valence-corrected chi connectivity index (χ0v) is 17.7. The van der Waals surface area contributed by atoms with Crippen molar-refractivity contribution in [1.82, 2.24) is 0 Å². The molecule has 0 spiro atoms. The molecular formula is C27H42. The number of benzene rings is 2. The SMILES string of the molecule is CC.CC1CCC(c2ccc(-c3ccc(C4CCCCC4)cc3)cc2)CC1.[HH].[HH].